The number of hydrogen-bond donors (Lipinski definition) is 1. The molecule has 1 aromatic rings. The number of thiol groups is 1. The normalized spacial score (nSPS) is 17.2. The Bertz CT molecular complexity index is 430. The lowest BCUT2D eigenvalue weighted by atomic mass is 10.0. The maximum absolute atomic E-state index is 12.4. The summed E-state index contributed by atoms with van der Waals surface area (Å²) >= 11 is 4.44. The summed E-state index contributed by atoms with van der Waals surface area (Å²) in [6, 6.07) is 8.42. The van der Waals surface area contributed by atoms with Crippen LogP contribution in [-0.4, -0.2) is 22.6 Å². The predicted molar refractivity (Wildman–Crippen MR) is 77.8 cm³/mol. The smallest absolute Gasteiger partial charge is 0.235 e. The molecule has 0 saturated heterocycles. The van der Waals surface area contributed by atoms with Crippen molar-refractivity contribution in [1.82, 2.24) is 4.90 Å². The van der Waals surface area contributed by atoms with Gasteiger partial charge in [0.05, 0.1) is 5.25 Å². The minimum absolute atomic E-state index is 0.171. The lowest BCUT2D eigenvalue weighted by Gasteiger charge is -2.25. The highest BCUT2D eigenvalue weighted by molar-refractivity contribution is 7.81. The number of fused-ring (bicyclic) bond motifs is 1. The first-order valence-electron chi connectivity index (χ1n) is 6.63. The van der Waals surface area contributed by atoms with E-state index in [-0.39, 0.29) is 17.1 Å². The van der Waals surface area contributed by atoms with Crippen molar-refractivity contribution in [2.75, 3.05) is 6.54 Å². The average molecular weight is 263 g/mol. The highest BCUT2D eigenvalue weighted by Crippen LogP contribution is 2.21. The van der Waals surface area contributed by atoms with Gasteiger partial charge in [0.15, 0.2) is 0 Å². The number of hydrogen-bond acceptors (Lipinski definition) is 2. The fourth-order valence-corrected chi connectivity index (χ4v) is 2.52. The standard InChI is InChI=1S/C15H21NOS/c1-11(2)14(18)15(17)16-9-5-8-12-6-3-4-7-13(12)10-16/h3-4,6-7,11,14,18H,5,8-10H2,1-2H3. The van der Waals surface area contributed by atoms with E-state index in [4.69, 9.17) is 0 Å². The summed E-state index contributed by atoms with van der Waals surface area (Å²) < 4.78 is 0. The number of benzene rings is 1. The molecule has 0 aromatic heterocycles. The largest absolute Gasteiger partial charge is 0.337 e. The zero-order valence-electron chi connectivity index (χ0n) is 11.1. The molecule has 1 aliphatic rings. The van der Waals surface area contributed by atoms with E-state index in [0.717, 1.165) is 25.9 Å². The quantitative estimate of drug-likeness (QED) is 0.814. The summed E-state index contributed by atoms with van der Waals surface area (Å²) in [4.78, 5) is 14.3. The third kappa shape index (κ3) is 2.89. The Morgan fingerprint density at radius 3 is 2.61 bits per heavy atom. The van der Waals surface area contributed by atoms with Gasteiger partial charge in [-0.1, -0.05) is 38.1 Å². The Morgan fingerprint density at radius 1 is 1.28 bits per heavy atom. The first-order valence-corrected chi connectivity index (χ1v) is 7.15. The second-order valence-electron chi connectivity index (χ2n) is 5.32. The van der Waals surface area contributed by atoms with Crippen LogP contribution in [0.3, 0.4) is 0 Å². The van der Waals surface area contributed by atoms with E-state index >= 15 is 0 Å². The Hall–Kier alpha value is -0.960. The third-order valence-electron chi connectivity index (χ3n) is 3.55. The molecule has 2 nitrogen and oxygen atoms in total. The van der Waals surface area contributed by atoms with Gasteiger partial charge < -0.3 is 4.90 Å². The molecule has 3 heteroatoms. The van der Waals surface area contributed by atoms with Gasteiger partial charge in [0.1, 0.15) is 0 Å². The predicted octanol–water partition coefficient (Wildman–Crippen LogP) is 2.92. The average Bonchev–Trinajstić information content (AvgIpc) is 2.58. The van der Waals surface area contributed by atoms with Gasteiger partial charge in [-0.25, -0.2) is 0 Å². The molecule has 1 aliphatic heterocycles. The molecule has 0 fully saturated rings. The molecule has 1 amide bonds. The summed E-state index contributed by atoms with van der Waals surface area (Å²) in [5.41, 5.74) is 2.67. The van der Waals surface area contributed by atoms with Gasteiger partial charge in [0.25, 0.3) is 0 Å². The number of nitrogens with zero attached hydrogens (tertiary/aromatic N) is 1. The summed E-state index contributed by atoms with van der Waals surface area (Å²) in [7, 11) is 0. The van der Waals surface area contributed by atoms with Gasteiger partial charge in [-0.15, -0.1) is 0 Å². The van der Waals surface area contributed by atoms with Gasteiger partial charge in [-0.2, -0.15) is 12.6 Å². The van der Waals surface area contributed by atoms with Crippen molar-refractivity contribution in [3.63, 3.8) is 0 Å². The molecule has 0 aliphatic carbocycles. The van der Waals surface area contributed by atoms with Crippen molar-refractivity contribution in [2.24, 2.45) is 5.92 Å². The van der Waals surface area contributed by atoms with Gasteiger partial charge in [0.2, 0.25) is 5.91 Å². The monoisotopic (exact) mass is 263 g/mol. The van der Waals surface area contributed by atoms with Crippen molar-refractivity contribution in [3.8, 4) is 0 Å². The maximum atomic E-state index is 12.4. The van der Waals surface area contributed by atoms with Gasteiger partial charge in [-0.3, -0.25) is 4.79 Å². The molecule has 1 atom stereocenters. The Labute approximate surface area is 115 Å². The molecule has 0 radical (unpaired) electrons. The number of aryl methyl sites for hydroxylation is 1. The lowest BCUT2D eigenvalue weighted by molar-refractivity contribution is -0.131. The van der Waals surface area contributed by atoms with Crippen LogP contribution in [0.1, 0.15) is 31.4 Å². The van der Waals surface area contributed by atoms with Crippen LogP contribution in [0, 0.1) is 5.92 Å². The van der Waals surface area contributed by atoms with Crippen molar-refractivity contribution in [3.05, 3.63) is 35.4 Å². The van der Waals surface area contributed by atoms with Gasteiger partial charge >= 0.3 is 0 Å². The number of carbonyl (C=O) groups excluding carboxylic acids is 1. The van der Waals surface area contributed by atoms with E-state index in [2.05, 4.69) is 30.8 Å². The van der Waals surface area contributed by atoms with Crippen LogP contribution in [0.25, 0.3) is 0 Å². The van der Waals surface area contributed by atoms with Crippen LogP contribution < -0.4 is 0 Å². The molecule has 98 valence electrons. The Balaban J connectivity index is 2.15. The van der Waals surface area contributed by atoms with E-state index in [1.165, 1.54) is 11.1 Å². The molecule has 18 heavy (non-hydrogen) atoms. The first kappa shape index (κ1) is 13.5. The Morgan fingerprint density at radius 2 is 1.94 bits per heavy atom. The van der Waals surface area contributed by atoms with Gasteiger partial charge in [0, 0.05) is 13.1 Å². The second-order valence-corrected chi connectivity index (χ2v) is 5.88. The van der Waals surface area contributed by atoms with E-state index < -0.39 is 0 Å². The van der Waals surface area contributed by atoms with Crippen LogP contribution in [0.15, 0.2) is 24.3 Å². The van der Waals surface area contributed by atoms with E-state index in [0.29, 0.717) is 0 Å². The highest BCUT2D eigenvalue weighted by atomic mass is 32.1. The van der Waals surface area contributed by atoms with Crippen LogP contribution >= 0.6 is 12.6 Å². The molecule has 0 saturated carbocycles. The summed E-state index contributed by atoms with van der Waals surface area (Å²) in [6.45, 7) is 5.67. The Kier molecular flexibility index (Phi) is 4.33. The zero-order valence-corrected chi connectivity index (χ0v) is 12.0. The second kappa shape index (κ2) is 5.79. The lowest BCUT2D eigenvalue weighted by Crippen LogP contribution is -2.38. The van der Waals surface area contributed by atoms with Crippen molar-refractivity contribution in [1.29, 1.82) is 0 Å². The zero-order chi connectivity index (χ0) is 13.1. The fraction of sp³-hybridized carbons (Fsp3) is 0.533. The number of amides is 1. The molecule has 1 unspecified atom stereocenters. The van der Waals surface area contributed by atoms with Crippen LogP contribution in [0.4, 0.5) is 0 Å². The molecule has 1 heterocycles. The van der Waals surface area contributed by atoms with E-state index in [1.807, 2.05) is 24.8 Å². The van der Waals surface area contributed by atoms with E-state index in [9.17, 15) is 4.79 Å². The summed E-state index contributed by atoms with van der Waals surface area (Å²) in [5, 5.41) is -0.185. The molecular formula is C15H21NOS. The molecule has 1 aromatic carbocycles. The van der Waals surface area contributed by atoms with Crippen molar-refractivity contribution < 1.29 is 4.79 Å². The third-order valence-corrected chi connectivity index (χ3v) is 4.37. The topological polar surface area (TPSA) is 20.3 Å². The minimum Gasteiger partial charge on any atom is -0.337 e. The molecule has 2 rings (SSSR count). The van der Waals surface area contributed by atoms with Crippen LogP contribution in [0.5, 0.6) is 0 Å². The molecule has 0 bridgehead atoms. The first-order chi connectivity index (χ1) is 8.59. The fourth-order valence-electron chi connectivity index (χ4n) is 2.36. The minimum atomic E-state index is -0.185. The van der Waals surface area contributed by atoms with Crippen LogP contribution in [-0.2, 0) is 17.8 Å². The van der Waals surface area contributed by atoms with E-state index in [1.54, 1.807) is 0 Å². The number of rotatable bonds is 2. The molecule has 0 N–H and O–H groups in total. The van der Waals surface area contributed by atoms with Gasteiger partial charge in [-0.05, 0) is 29.9 Å². The maximum Gasteiger partial charge on any atom is 0.235 e. The number of carbonyl (C=O) groups is 1. The van der Waals surface area contributed by atoms with Crippen molar-refractivity contribution >= 4 is 18.5 Å². The van der Waals surface area contributed by atoms with Crippen LogP contribution in [0.2, 0.25) is 0 Å². The SMILES string of the molecule is CC(C)C(S)C(=O)N1CCCc2ccccc2C1. The highest BCUT2D eigenvalue weighted by Gasteiger charge is 2.25. The molecular weight excluding hydrogens is 242 g/mol. The summed E-state index contributed by atoms with van der Waals surface area (Å²) in [5.74, 6) is 0.448. The molecule has 0 spiro atoms. The summed E-state index contributed by atoms with van der Waals surface area (Å²) in [6.07, 6.45) is 2.11. The van der Waals surface area contributed by atoms with Crippen molar-refractivity contribution in [2.45, 2.75) is 38.5 Å².